The van der Waals surface area contributed by atoms with E-state index >= 15 is 0 Å². The standard InChI is InChI=1S/C14H12BrNO3/c1-9-2-3-13(11(15)6-9)19-8-10-4-5-16-12(7-10)14(17)18/h2-7H,8H2,1H3,(H,17,18). The number of carbonyl (C=O) groups is 1. The summed E-state index contributed by atoms with van der Waals surface area (Å²) in [5.74, 6) is -0.322. The quantitative estimate of drug-likeness (QED) is 0.937. The minimum Gasteiger partial charge on any atom is -0.488 e. The molecule has 1 heterocycles. The van der Waals surface area contributed by atoms with Gasteiger partial charge >= 0.3 is 5.97 Å². The summed E-state index contributed by atoms with van der Waals surface area (Å²) in [6.07, 6.45) is 1.46. The maximum atomic E-state index is 10.8. The highest BCUT2D eigenvalue weighted by Gasteiger charge is 2.06. The Morgan fingerprint density at radius 1 is 1.37 bits per heavy atom. The molecule has 98 valence electrons. The third-order valence-electron chi connectivity index (χ3n) is 2.53. The Morgan fingerprint density at radius 2 is 2.16 bits per heavy atom. The molecule has 5 heteroatoms. The zero-order chi connectivity index (χ0) is 13.8. The molecular weight excluding hydrogens is 310 g/mol. The average Bonchev–Trinajstić information content (AvgIpc) is 2.38. The van der Waals surface area contributed by atoms with E-state index in [1.807, 2.05) is 25.1 Å². The number of benzene rings is 1. The van der Waals surface area contributed by atoms with Gasteiger partial charge in [0.1, 0.15) is 18.1 Å². The lowest BCUT2D eigenvalue weighted by Crippen LogP contribution is -2.03. The smallest absolute Gasteiger partial charge is 0.354 e. The van der Waals surface area contributed by atoms with E-state index in [1.54, 1.807) is 6.07 Å². The summed E-state index contributed by atoms with van der Waals surface area (Å²) in [4.78, 5) is 14.6. The van der Waals surface area contributed by atoms with Gasteiger partial charge in [0, 0.05) is 6.20 Å². The maximum absolute atomic E-state index is 10.8. The molecule has 1 aromatic carbocycles. The summed E-state index contributed by atoms with van der Waals surface area (Å²) in [5, 5.41) is 8.86. The zero-order valence-corrected chi connectivity index (χ0v) is 11.8. The Labute approximate surface area is 119 Å². The maximum Gasteiger partial charge on any atom is 0.354 e. The second-order valence-electron chi connectivity index (χ2n) is 4.08. The topological polar surface area (TPSA) is 59.4 Å². The molecule has 4 nitrogen and oxygen atoms in total. The second kappa shape index (κ2) is 5.84. The van der Waals surface area contributed by atoms with Gasteiger partial charge in [0.05, 0.1) is 4.47 Å². The van der Waals surface area contributed by atoms with E-state index in [1.165, 1.54) is 12.3 Å². The van der Waals surface area contributed by atoms with E-state index in [4.69, 9.17) is 9.84 Å². The van der Waals surface area contributed by atoms with Gasteiger partial charge in [-0.1, -0.05) is 6.07 Å². The number of ether oxygens (including phenoxy) is 1. The molecule has 0 bridgehead atoms. The van der Waals surface area contributed by atoms with Crippen LogP contribution in [-0.4, -0.2) is 16.1 Å². The number of aryl methyl sites for hydroxylation is 1. The first-order chi connectivity index (χ1) is 9.06. The van der Waals surface area contributed by atoms with Crippen LogP contribution in [0, 0.1) is 6.92 Å². The fourth-order valence-electron chi connectivity index (χ4n) is 1.57. The highest BCUT2D eigenvalue weighted by atomic mass is 79.9. The summed E-state index contributed by atoms with van der Waals surface area (Å²) in [6.45, 7) is 2.29. The number of pyridine rings is 1. The molecule has 0 fully saturated rings. The molecule has 0 radical (unpaired) electrons. The number of rotatable bonds is 4. The molecule has 0 amide bonds. The molecule has 2 rings (SSSR count). The summed E-state index contributed by atoms with van der Waals surface area (Å²) in [7, 11) is 0. The number of hydrogen-bond acceptors (Lipinski definition) is 3. The highest BCUT2D eigenvalue weighted by Crippen LogP contribution is 2.26. The van der Waals surface area contributed by atoms with Crippen molar-refractivity contribution in [2.24, 2.45) is 0 Å². The van der Waals surface area contributed by atoms with Crippen molar-refractivity contribution in [3.8, 4) is 5.75 Å². The monoisotopic (exact) mass is 321 g/mol. The molecule has 0 saturated carbocycles. The van der Waals surface area contributed by atoms with Gasteiger partial charge < -0.3 is 9.84 Å². The molecule has 0 saturated heterocycles. The van der Waals surface area contributed by atoms with Crippen LogP contribution in [0.4, 0.5) is 0 Å². The van der Waals surface area contributed by atoms with Crippen molar-refractivity contribution < 1.29 is 14.6 Å². The molecule has 0 atom stereocenters. The fraction of sp³-hybridized carbons (Fsp3) is 0.143. The molecule has 0 aliphatic heterocycles. The second-order valence-corrected chi connectivity index (χ2v) is 4.93. The van der Waals surface area contributed by atoms with Crippen LogP contribution in [0.25, 0.3) is 0 Å². The zero-order valence-electron chi connectivity index (χ0n) is 10.3. The van der Waals surface area contributed by atoms with Gasteiger partial charge in [0.2, 0.25) is 0 Å². The van der Waals surface area contributed by atoms with Crippen molar-refractivity contribution in [3.05, 3.63) is 57.8 Å². The van der Waals surface area contributed by atoms with Gasteiger partial charge in [0.25, 0.3) is 0 Å². The summed E-state index contributed by atoms with van der Waals surface area (Å²) < 4.78 is 6.52. The number of aromatic carboxylic acids is 1. The third kappa shape index (κ3) is 3.54. The van der Waals surface area contributed by atoms with Crippen molar-refractivity contribution in [1.29, 1.82) is 0 Å². The average molecular weight is 322 g/mol. The van der Waals surface area contributed by atoms with Crippen LogP contribution >= 0.6 is 15.9 Å². The number of hydrogen-bond donors (Lipinski definition) is 1. The van der Waals surface area contributed by atoms with Crippen LogP contribution in [0.15, 0.2) is 41.0 Å². The lowest BCUT2D eigenvalue weighted by atomic mass is 10.2. The van der Waals surface area contributed by atoms with Gasteiger partial charge in [0.15, 0.2) is 0 Å². The van der Waals surface area contributed by atoms with Gasteiger partial charge in [-0.3, -0.25) is 0 Å². The first kappa shape index (κ1) is 13.5. The van der Waals surface area contributed by atoms with Gasteiger partial charge in [-0.15, -0.1) is 0 Å². The third-order valence-corrected chi connectivity index (χ3v) is 3.14. The van der Waals surface area contributed by atoms with E-state index in [9.17, 15) is 4.79 Å². The number of nitrogens with zero attached hydrogens (tertiary/aromatic N) is 1. The summed E-state index contributed by atoms with van der Waals surface area (Å²) in [5.41, 5.74) is 1.92. The SMILES string of the molecule is Cc1ccc(OCc2ccnc(C(=O)O)c2)c(Br)c1. The number of halogens is 1. The molecular formula is C14H12BrNO3. The largest absolute Gasteiger partial charge is 0.488 e. The van der Waals surface area contributed by atoms with Crippen LogP contribution in [0.2, 0.25) is 0 Å². The molecule has 1 N–H and O–H groups in total. The van der Waals surface area contributed by atoms with E-state index in [2.05, 4.69) is 20.9 Å². The number of aromatic nitrogens is 1. The van der Waals surface area contributed by atoms with E-state index in [0.717, 1.165) is 21.3 Å². The van der Waals surface area contributed by atoms with Crippen LogP contribution in [0.3, 0.4) is 0 Å². The van der Waals surface area contributed by atoms with Gasteiger partial charge in [-0.25, -0.2) is 9.78 Å². The van der Waals surface area contributed by atoms with Crippen LogP contribution in [-0.2, 0) is 6.61 Å². The minimum atomic E-state index is -1.04. The first-order valence-corrected chi connectivity index (χ1v) is 6.43. The van der Waals surface area contributed by atoms with E-state index in [-0.39, 0.29) is 5.69 Å². The predicted octanol–water partition coefficient (Wildman–Crippen LogP) is 3.43. The van der Waals surface area contributed by atoms with E-state index < -0.39 is 5.97 Å². The Balaban J connectivity index is 2.10. The lowest BCUT2D eigenvalue weighted by molar-refractivity contribution is 0.0690. The van der Waals surface area contributed by atoms with Crippen molar-refractivity contribution >= 4 is 21.9 Å². The summed E-state index contributed by atoms with van der Waals surface area (Å²) in [6, 6.07) is 9.03. The predicted molar refractivity (Wildman–Crippen MR) is 74.4 cm³/mol. The molecule has 0 aliphatic carbocycles. The first-order valence-electron chi connectivity index (χ1n) is 5.63. The molecule has 0 spiro atoms. The van der Waals surface area contributed by atoms with Gasteiger partial charge in [-0.05, 0) is 58.2 Å². The number of carboxylic acids is 1. The number of carboxylic acid groups (broad SMARTS) is 1. The van der Waals surface area contributed by atoms with Crippen LogP contribution in [0.5, 0.6) is 5.75 Å². The lowest BCUT2D eigenvalue weighted by Gasteiger charge is -2.09. The van der Waals surface area contributed by atoms with Crippen LogP contribution in [0.1, 0.15) is 21.6 Å². The van der Waals surface area contributed by atoms with Crippen molar-refractivity contribution in [3.63, 3.8) is 0 Å². The van der Waals surface area contributed by atoms with E-state index in [0.29, 0.717) is 6.61 Å². The highest BCUT2D eigenvalue weighted by molar-refractivity contribution is 9.10. The van der Waals surface area contributed by atoms with Gasteiger partial charge in [-0.2, -0.15) is 0 Å². The van der Waals surface area contributed by atoms with Crippen molar-refractivity contribution in [2.45, 2.75) is 13.5 Å². The normalized spacial score (nSPS) is 10.2. The Morgan fingerprint density at radius 3 is 2.84 bits per heavy atom. The molecule has 19 heavy (non-hydrogen) atoms. The molecule has 0 aliphatic rings. The Bertz CT molecular complexity index is 613. The summed E-state index contributed by atoms with van der Waals surface area (Å²) >= 11 is 3.43. The van der Waals surface area contributed by atoms with Crippen molar-refractivity contribution in [1.82, 2.24) is 4.98 Å². The van der Waals surface area contributed by atoms with Crippen molar-refractivity contribution in [2.75, 3.05) is 0 Å². The molecule has 2 aromatic rings. The Hall–Kier alpha value is -1.88. The van der Waals surface area contributed by atoms with Crippen LogP contribution < -0.4 is 4.74 Å². The minimum absolute atomic E-state index is 0.0177. The molecule has 1 aromatic heterocycles. The molecule has 0 unspecified atom stereocenters. The fourth-order valence-corrected chi connectivity index (χ4v) is 2.17. The Kier molecular flexibility index (Phi) is 4.16.